The zero-order valence-electron chi connectivity index (χ0n) is 30.5. The Labute approximate surface area is 319 Å². The van der Waals surface area contributed by atoms with Gasteiger partial charge in [-0.1, -0.05) is 158 Å². The Morgan fingerprint density at radius 3 is 1.56 bits per heavy atom. The van der Waals surface area contributed by atoms with E-state index >= 15 is 0 Å². The van der Waals surface area contributed by atoms with Gasteiger partial charge >= 0.3 is 0 Å². The maximum absolute atomic E-state index is 6.26. The van der Waals surface area contributed by atoms with Crippen molar-refractivity contribution in [1.29, 1.82) is 0 Å². The first kappa shape index (κ1) is 32.5. The van der Waals surface area contributed by atoms with E-state index in [9.17, 15) is 0 Å². The van der Waals surface area contributed by atoms with Gasteiger partial charge in [-0.3, -0.25) is 0 Å². The third-order valence-corrected chi connectivity index (χ3v) is 10.8. The Bertz CT molecular complexity index is 3050. The lowest BCUT2D eigenvalue weighted by atomic mass is 9.88. The Kier molecular flexibility index (Phi) is 7.88. The predicted octanol–water partition coefficient (Wildman–Crippen LogP) is 13.5. The molecule has 0 unspecified atom stereocenters. The zero-order valence-corrected chi connectivity index (χ0v) is 30.5. The third kappa shape index (κ3) is 5.76. The van der Waals surface area contributed by atoms with Crippen LogP contribution in [0.15, 0.2) is 180 Å². The van der Waals surface area contributed by atoms with Crippen molar-refractivity contribution < 1.29 is 4.42 Å². The van der Waals surface area contributed by atoms with Crippen LogP contribution in [0.5, 0.6) is 0 Å². The molecule has 55 heavy (non-hydrogen) atoms. The van der Waals surface area contributed by atoms with Crippen molar-refractivity contribution in [3.05, 3.63) is 187 Å². The van der Waals surface area contributed by atoms with Gasteiger partial charge in [0.25, 0.3) is 0 Å². The van der Waals surface area contributed by atoms with E-state index in [1.165, 1.54) is 38.9 Å². The van der Waals surface area contributed by atoms with Crippen LogP contribution in [0, 0.1) is 13.8 Å². The number of rotatable bonds is 6. The van der Waals surface area contributed by atoms with E-state index in [1.807, 2.05) is 24.3 Å². The van der Waals surface area contributed by atoms with Crippen LogP contribution in [0.25, 0.3) is 100 Å². The van der Waals surface area contributed by atoms with Crippen LogP contribution in [-0.2, 0) is 0 Å². The summed E-state index contributed by atoms with van der Waals surface area (Å²) in [5.74, 6) is 1.83. The lowest BCUT2D eigenvalue weighted by Crippen LogP contribution is -2.00. The standard InChI is InChI=1S/C51H35N3O/c1-32-39(34-13-4-3-5-14-34)19-11-21-41(32)42-22-12-20-40(33(42)2)36-25-27-37(28-26-36)49-52-50(38-29-30-45-44-18-8-9-24-47(44)55-48(45)31-38)54-51(53-49)46-23-10-16-35-15-6-7-17-43(35)46/h3-31H,1-2H3. The normalized spacial score (nSPS) is 11.5. The van der Waals surface area contributed by atoms with Crippen LogP contribution in [-0.4, -0.2) is 15.0 Å². The van der Waals surface area contributed by atoms with E-state index in [4.69, 9.17) is 19.4 Å². The lowest BCUT2D eigenvalue weighted by Gasteiger charge is -2.16. The fourth-order valence-corrected chi connectivity index (χ4v) is 7.94. The smallest absolute Gasteiger partial charge is 0.164 e. The first-order valence-corrected chi connectivity index (χ1v) is 18.6. The lowest BCUT2D eigenvalue weighted by molar-refractivity contribution is 0.669. The molecule has 260 valence electrons. The van der Waals surface area contributed by atoms with Crippen LogP contribution in [0.2, 0.25) is 0 Å². The van der Waals surface area contributed by atoms with Gasteiger partial charge in [-0.15, -0.1) is 0 Å². The average Bonchev–Trinajstić information content (AvgIpc) is 3.62. The van der Waals surface area contributed by atoms with Crippen molar-refractivity contribution in [2.75, 3.05) is 0 Å². The molecule has 10 rings (SSSR count). The van der Waals surface area contributed by atoms with E-state index in [1.54, 1.807) is 0 Å². The van der Waals surface area contributed by atoms with E-state index in [0.29, 0.717) is 17.5 Å². The second-order valence-electron chi connectivity index (χ2n) is 14.0. The van der Waals surface area contributed by atoms with Crippen molar-refractivity contribution in [3.8, 4) is 67.5 Å². The van der Waals surface area contributed by atoms with E-state index in [2.05, 4.69) is 166 Å². The zero-order chi connectivity index (χ0) is 36.9. The molecule has 0 bridgehead atoms. The van der Waals surface area contributed by atoms with E-state index < -0.39 is 0 Å². The minimum absolute atomic E-state index is 0.594. The molecule has 0 saturated carbocycles. The van der Waals surface area contributed by atoms with Gasteiger partial charge in [-0.05, 0) is 87.3 Å². The molecule has 0 saturated heterocycles. The molecule has 0 radical (unpaired) electrons. The van der Waals surface area contributed by atoms with Crippen molar-refractivity contribution in [2.24, 2.45) is 0 Å². The molecule has 10 aromatic rings. The summed E-state index contributed by atoms with van der Waals surface area (Å²) in [7, 11) is 0. The van der Waals surface area contributed by atoms with Gasteiger partial charge in [0.15, 0.2) is 17.5 Å². The molecule has 4 heteroatoms. The quantitative estimate of drug-likeness (QED) is 0.173. The van der Waals surface area contributed by atoms with Crippen molar-refractivity contribution in [1.82, 2.24) is 15.0 Å². The van der Waals surface area contributed by atoms with Gasteiger partial charge in [-0.2, -0.15) is 0 Å². The minimum Gasteiger partial charge on any atom is -0.456 e. The van der Waals surface area contributed by atoms with Crippen molar-refractivity contribution in [2.45, 2.75) is 13.8 Å². The highest BCUT2D eigenvalue weighted by atomic mass is 16.3. The van der Waals surface area contributed by atoms with Crippen molar-refractivity contribution in [3.63, 3.8) is 0 Å². The van der Waals surface area contributed by atoms with E-state index in [-0.39, 0.29) is 0 Å². The second kappa shape index (κ2) is 13.4. The topological polar surface area (TPSA) is 51.8 Å². The molecular formula is C51H35N3O. The summed E-state index contributed by atoms with van der Waals surface area (Å²) in [5.41, 5.74) is 14.2. The maximum atomic E-state index is 6.26. The highest BCUT2D eigenvalue weighted by Crippen LogP contribution is 2.38. The van der Waals surface area contributed by atoms with Crippen LogP contribution in [0.4, 0.5) is 0 Å². The van der Waals surface area contributed by atoms with Crippen LogP contribution >= 0.6 is 0 Å². The van der Waals surface area contributed by atoms with Crippen LogP contribution in [0.1, 0.15) is 11.1 Å². The molecule has 0 spiro atoms. The molecule has 0 aliphatic heterocycles. The summed E-state index contributed by atoms with van der Waals surface area (Å²) in [5, 5.41) is 4.39. The van der Waals surface area contributed by atoms with Gasteiger partial charge < -0.3 is 4.42 Å². The Hall–Kier alpha value is -7.17. The van der Waals surface area contributed by atoms with Gasteiger partial charge in [0, 0.05) is 27.5 Å². The highest BCUT2D eigenvalue weighted by Gasteiger charge is 2.17. The number of hydrogen-bond acceptors (Lipinski definition) is 4. The van der Waals surface area contributed by atoms with Crippen molar-refractivity contribution >= 4 is 32.7 Å². The number of furan rings is 1. The number of aromatic nitrogens is 3. The molecule has 2 aromatic heterocycles. The summed E-state index contributed by atoms with van der Waals surface area (Å²) in [6, 6.07) is 61.4. The molecule has 0 amide bonds. The van der Waals surface area contributed by atoms with E-state index in [0.717, 1.165) is 55.0 Å². The molecular weight excluding hydrogens is 671 g/mol. The summed E-state index contributed by atoms with van der Waals surface area (Å²) < 4.78 is 6.26. The number of nitrogens with zero attached hydrogens (tertiary/aromatic N) is 3. The monoisotopic (exact) mass is 705 g/mol. The number of fused-ring (bicyclic) bond motifs is 4. The molecule has 0 aliphatic rings. The number of hydrogen-bond donors (Lipinski definition) is 0. The van der Waals surface area contributed by atoms with Crippen LogP contribution < -0.4 is 0 Å². The first-order chi connectivity index (χ1) is 27.1. The fraction of sp³-hybridized carbons (Fsp3) is 0.0392. The van der Waals surface area contributed by atoms with Crippen LogP contribution in [0.3, 0.4) is 0 Å². The number of benzene rings is 8. The molecule has 4 nitrogen and oxygen atoms in total. The molecule has 0 N–H and O–H groups in total. The predicted molar refractivity (Wildman–Crippen MR) is 227 cm³/mol. The molecule has 0 aliphatic carbocycles. The molecule has 8 aromatic carbocycles. The third-order valence-electron chi connectivity index (χ3n) is 10.8. The van der Waals surface area contributed by atoms with Gasteiger partial charge in [-0.25, -0.2) is 15.0 Å². The summed E-state index contributed by atoms with van der Waals surface area (Å²) >= 11 is 0. The average molecular weight is 706 g/mol. The summed E-state index contributed by atoms with van der Waals surface area (Å²) in [6.45, 7) is 4.45. The fourth-order valence-electron chi connectivity index (χ4n) is 7.94. The summed E-state index contributed by atoms with van der Waals surface area (Å²) in [6.07, 6.45) is 0. The largest absolute Gasteiger partial charge is 0.456 e. The Morgan fingerprint density at radius 2 is 0.818 bits per heavy atom. The SMILES string of the molecule is Cc1c(-c2ccccc2)cccc1-c1cccc(-c2ccc(-c3nc(-c4ccc5c(c4)oc4ccccc45)nc(-c4cccc5ccccc45)n3)cc2)c1C. The molecule has 2 heterocycles. The first-order valence-electron chi connectivity index (χ1n) is 18.6. The highest BCUT2D eigenvalue weighted by molar-refractivity contribution is 6.05. The second-order valence-corrected chi connectivity index (χ2v) is 14.0. The van der Waals surface area contributed by atoms with Gasteiger partial charge in [0.2, 0.25) is 0 Å². The Balaban J connectivity index is 1.06. The minimum atomic E-state index is 0.594. The summed E-state index contributed by atoms with van der Waals surface area (Å²) in [4.78, 5) is 15.3. The molecule has 0 atom stereocenters. The molecule has 0 fully saturated rings. The number of para-hydroxylation sites is 1. The van der Waals surface area contributed by atoms with Gasteiger partial charge in [0.05, 0.1) is 0 Å². The maximum Gasteiger partial charge on any atom is 0.164 e. The Morgan fingerprint density at radius 1 is 0.327 bits per heavy atom. The van der Waals surface area contributed by atoms with Gasteiger partial charge in [0.1, 0.15) is 11.2 Å².